The Labute approximate surface area is 168 Å². The summed E-state index contributed by atoms with van der Waals surface area (Å²) in [7, 11) is 0. The predicted molar refractivity (Wildman–Crippen MR) is 113 cm³/mol. The van der Waals surface area contributed by atoms with Crippen molar-refractivity contribution in [3.05, 3.63) is 57.4 Å². The Morgan fingerprint density at radius 2 is 2.25 bits per heavy atom. The lowest BCUT2D eigenvalue weighted by atomic mass is 10.2. The van der Waals surface area contributed by atoms with E-state index in [0.29, 0.717) is 5.69 Å². The molecule has 1 aliphatic rings. The minimum Gasteiger partial charge on any atom is -0.376 e. The van der Waals surface area contributed by atoms with Crippen molar-refractivity contribution in [2.24, 2.45) is 5.10 Å². The Morgan fingerprint density at radius 1 is 1.46 bits per heavy atom. The van der Waals surface area contributed by atoms with Crippen LogP contribution >= 0.6 is 12.2 Å². The van der Waals surface area contributed by atoms with Gasteiger partial charge < -0.3 is 14.6 Å². The van der Waals surface area contributed by atoms with Crippen LogP contribution in [0, 0.1) is 24.0 Å². The third-order valence-corrected chi connectivity index (χ3v) is 4.94. The van der Waals surface area contributed by atoms with E-state index < -0.39 is 4.92 Å². The minimum atomic E-state index is -0.461. The number of hydrazone groups is 1. The molecule has 2 N–H and O–H groups in total. The van der Waals surface area contributed by atoms with Crippen molar-refractivity contribution in [3.8, 4) is 0 Å². The van der Waals surface area contributed by atoms with E-state index in [0.717, 1.165) is 42.9 Å². The van der Waals surface area contributed by atoms with E-state index in [1.54, 1.807) is 24.4 Å². The normalized spacial score (nSPS) is 16.4. The van der Waals surface area contributed by atoms with Gasteiger partial charge in [-0.3, -0.25) is 15.5 Å². The van der Waals surface area contributed by atoms with Crippen molar-refractivity contribution >= 4 is 34.9 Å². The van der Waals surface area contributed by atoms with E-state index in [9.17, 15) is 10.1 Å². The SMILES string of the molecule is Cc1cc(/C=N\NC(=S)Nc2ccccc2[N+](=O)[O-])c(C)n1C[C@@H]1CCCO1. The van der Waals surface area contributed by atoms with Crippen molar-refractivity contribution in [2.45, 2.75) is 39.3 Å². The number of rotatable bonds is 6. The number of nitro benzene ring substituents is 1. The Bertz CT molecular complexity index is 903. The summed E-state index contributed by atoms with van der Waals surface area (Å²) >= 11 is 5.18. The highest BCUT2D eigenvalue weighted by atomic mass is 32.1. The summed E-state index contributed by atoms with van der Waals surface area (Å²) in [6.07, 6.45) is 4.17. The summed E-state index contributed by atoms with van der Waals surface area (Å²) < 4.78 is 7.97. The van der Waals surface area contributed by atoms with E-state index in [1.165, 1.54) is 6.07 Å². The van der Waals surface area contributed by atoms with Crippen molar-refractivity contribution in [1.29, 1.82) is 0 Å². The van der Waals surface area contributed by atoms with E-state index in [2.05, 4.69) is 33.4 Å². The second-order valence-corrected chi connectivity index (χ2v) is 7.08. The first-order valence-electron chi connectivity index (χ1n) is 9.07. The molecule has 1 aromatic carbocycles. The molecule has 3 rings (SSSR count). The van der Waals surface area contributed by atoms with Crippen LogP contribution in [0.15, 0.2) is 35.4 Å². The molecule has 0 spiro atoms. The van der Waals surface area contributed by atoms with Gasteiger partial charge in [0.1, 0.15) is 5.69 Å². The monoisotopic (exact) mass is 401 g/mol. The van der Waals surface area contributed by atoms with Crippen LogP contribution in [0.4, 0.5) is 11.4 Å². The molecule has 0 saturated carbocycles. The molecule has 9 heteroatoms. The largest absolute Gasteiger partial charge is 0.376 e. The predicted octanol–water partition coefficient (Wildman–Crippen LogP) is 3.51. The average Bonchev–Trinajstić information content (AvgIpc) is 3.26. The fraction of sp³-hybridized carbons (Fsp3) is 0.368. The average molecular weight is 401 g/mol. The highest BCUT2D eigenvalue weighted by Crippen LogP contribution is 2.23. The zero-order valence-electron chi connectivity index (χ0n) is 15.8. The number of ether oxygens (including phenoxy) is 1. The van der Waals surface area contributed by atoms with E-state index in [1.807, 2.05) is 6.92 Å². The molecule has 1 atom stereocenters. The standard InChI is InChI=1S/C19H23N5O3S/c1-13-10-15(14(2)23(13)12-16-6-5-9-27-16)11-20-22-19(28)21-17-7-3-4-8-18(17)24(25)26/h3-4,7-8,10-11,16H,5-6,9,12H2,1-2H3,(H2,21,22,28)/b20-11-/t16-/m0/s1. The topological polar surface area (TPSA) is 93.7 Å². The van der Waals surface area contributed by atoms with Gasteiger partial charge in [-0.1, -0.05) is 12.1 Å². The lowest BCUT2D eigenvalue weighted by Gasteiger charge is -2.14. The number of aromatic nitrogens is 1. The summed E-state index contributed by atoms with van der Waals surface area (Å²) in [5.41, 5.74) is 6.21. The third kappa shape index (κ3) is 4.73. The van der Waals surface area contributed by atoms with Crippen molar-refractivity contribution in [3.63, 3.8) is 0 Å². The Morgan fingerprint density at radius 3 is 2.96 bits per heavy atom. The number of thiocarbonyl (C=S) groups is 1. The summed E-state index contributed by atoms with van der Waals surface area (Å²) in [6, 6.07) is 8.37. The van der Waals surface area contributed by atoms with Crippen LogP contribution in [-0.2, 0) is 11.3 Å². The number of anilines is 1. The van der Waals surface area contributed by atoms with E-state index >= 15 is 0 Å². The zero-order chi connectivity index (χ0) is 20.1. The lowest BCUT2D eigenvalue weighted by molar-refractivity contribution is -0.383. The Hall–Kier alpha value is -2.78. The van der Waals surface area contributed by atoms with Gasteiger partial charge in [0, 0.05) is 36.2 Å². The van der Waals surface area contributed by atoms with Crippen LogP contribution < -0.4 is 10.7 Å². The fourth-order valence-electron chi connectivity index (χ4n) is 3.28. The smallest absolute Gasteiger partial charge is 0.292 e. The molecule has 0 amide bonds. The van der Waals surface area contributed by atoms with Gasteiger partial charge in [-0.25, -0.2) is 0 Å². The molecule has 0 radical (unpaired) electrons. The summed E-state index contributed by atoms with van der Waals surface area (Å²) in [4.78, 5) is 10.6. The van der Waals surface area contributed by atoms with Gasteiger partial charge in [0.25, 0.3) is 5.69 Å². The van der Waals surface area contributed by atoms with Crippen LogP contribution in [-0.4, -0.2) is 33.5 Å². The number of para-hydroxylation sites is 2. The molecule has 2 aromatic rings. The fourth-order valence-corrected chi connectivity index (χ4v) is 3.44. The molecule has 1 saturated heterocycles. The number of nitro groups is 1. The second kappa shape index (κ2) is 8.94. The van der Waals surface area contributed by atoms with Crippen LogP contribution in [0.2, 0.25) is 0 Å². The third-order valence-electron chi connectivity index (χ3n) is 4.74. The first-order valence-corrected chi connectivity index (χ1v) is 9.48. The maximum absolute atomic E-state index is 11.1. The quantitative estimate of drug-likeness (QED) is 0.333. The molecule has 28 heavy (non-hydrogen) atoms. The maximum atomic E-state index is 11.1. The molecular weight excluding hydrogens is 378 g/mol. The second-order valence-electron chi connectivity index (χ2n) is 6.67. The highest BCUT2D eigenvalue weighted by molar-refractivity contribution is 7.80. The van der Waals surface area contributed by atoms with Crippen LogP contribution in [0.3, 0.4) is 0 Å². The van der Waals surface area contributed by atoms with Crippen molar-refractivity contribution in [2.75, 3.05) is 11.9 Å². The molecule has 1 fully saturated rings. The van der Waals surface area contributed by atoms with Crippen molar-refractivity contribution < 1.29 is 9.66 Å². The van der Waals surface area contributed by atoms with Crippen LogP contribution in [0.1, 0.15) is 29.8 Å². The summed E-state index contributed by atoms with van der Waals surface area (Å²) in [5.74, 6) is 0. The first kappa shape index (κ1) is 20.0. The number of benzene rings is 1. The minimum absolute atomic E-state index is 0.0479. The molecular formula is C19H23N5O3S. The van der Waals surface area contributed by atoms with Gasteiger partial charge in [-0.15, -0.1) is 0 Å². The molecule has 0 bridgehead atoms. The van der Waals surface area contributed by atoms with Gasteiger partial charge in [0.2, 0.25) is 0 Å². The molecule has 8 nitrogen and oxygen atoms in total. The molecule has 2 heterocycles. The Kier molecular flexibility index (Phi) is 6.37. The van der Waals surface area contributed by atoms with E-state index in [4.69, 9.17) is 17.0 Å². The summed E-state index contributed by atoms with van der Waals surface area (Å²) in [6.45, 7) is 5.80. The van der Waals surface area contributed by atoms with Gasteiger partial charge in [0.05, 0.1) is 17.2 Å². The molecule has 1 aromatic heterocycles. The van der Waals surface area contributed by atoms with Gasteiger partial charge in [-0.05, 0) is 51.0 Å². The number of aryl methyl sites for hydroxylation is 1. The van der Waals surface area contributed by atoms with Crippen molar-refractivity contribution in [1.82, 2.24) is 9.99 Å². The highest BCUT2D eigenvalue weighted by Gasteiger charge is 2.18. The molecule has 0 aliphatic carbocycles. The van der Waals surface area contributed by atoms with Gasteiger partial charge >= 0.3 is 0 Å². The lowest BCUT2D eigenvalue weighted by Crippen LogP contribution is -2.24. The molecule has 1 aliphatic heterocycles. The number of hydrogen-bond donors (Lipinski definition) is 2. The zero-order valence-corrected chi connectivity index (χ0v) is 16.7. The summed E-state index contributed by atoms with van der Waals surface area (Å²) in [5, 5.41) is 18.2. The number of nitrogens with one attached hydrogen (secondary N) is 2. The van der Waals surface area contributed by atoms with Crippen LogP contribution in [0.25, 0.3) is 0 Å². The first-order chi connectivity index (χ1) is 13.5. The number of nitrogens with zero attached hydrogens (tertiary/aromatic N) is 3. The molecule has 0 unspecified atom stereocenters. The van der Waals surface area contributed by atoms with Crippen LogP contribution in [0.5, 0.6) is 0 Å². The van der Waals surface area contributed by atoms with Gasteiger partial charge in [-0.2, -0.15) is 5.10 Å². The molecule has 148 valence electrons. The Balaban J connectivity index is 1.61. The van der Waals surface area contributed by atoms with E-state index in [-0.39, 0.29) is 16.9 Å². The maximum Gasteiger partial charge on any atom is 0.292 e. The van der Waals surface area contributed by atoms with Gasteiger partial charge in [0.15, 0.2) is 5.11 Å². The number of hydrogen-bond acceptors (Lipinski definition) is 5.